The second kappa shape index (κ2) is 86.4. The molecule has 0 spiro atoms. The van der Waals surface area contributed by atoms with E-state index < -0.39 is 97.5 Å². The summed E-state index contributed by atoms with van der Waals surface area (Å²) < 4.78 is 69.1. The van der Waals surface area contributed by atoms with Gasteiger partial charge >= 0.3 is 39.5 Å². The molecule has 0 aromatic heterocycles. The minimum atomic E-state index is -4.97. The standard InChI is InChI=1S/C94H184O17P2/c1-6-9-12-15-18-21-23-25-27-29-31-33-35-37-43-47-51-55-60-65-70-75-80-94(99)111-90(84-105-92(97)78-73-68-63-58-53-49-45-41-39-38-40-44-48-52-57-61-66-71-76-87(4)5)86-109-113(102,103)107-82-88(95)81-106-112(100,101)108-85-89(83-104-91(96)77-72-67-62-56-20-17-14-11-8-3)110-93(98)79-74-69-64-59-54-50-46-42-36-34-32-30-28-26-24-22-19-16-13-10-7-2/h87-90,95H,6-86H2,1-5H3,(H,100,101)(H,102,103)/t88-,89+,90+/m0/s1. The summed E-state index contributed by atoms with van der Waals surface area (Å²) in [7, 11) is -9.93. The van der Waals surface area contributed by atoms with Gasteiger partial charge in [0, 0.05) is 25.7 Å². The second-order valence-electron chi connectivity index (χ2n) is 34.2. The van der Waals surface area contributed by atoms with Crippen LogP contribution in [0.4, 0.5) is 0 Å². The van der Waals surface area contributed by atoms with Crippen LogP contribution in [0.3, 0.4) is 0 Å². The fraction of sp³-hybridized carbons (Fsp3) is 0.957. The summed E-state index contributed by atoms with van der Waals surface area (Å²) in [6, 6.07) is 0. The molecule has 0 fully saturated rings. The molecule has 672 valence electrons. The Balaban J connectivity index is 5.17. The molecule has 0 aliphatic carbocycles. The molecule has 19 heteroatoms. The highest BCUT2D eigenvalue weighted by Gasteiger charge is 2.31. The molecule has 113 heavy (non-hydrogen) atoms. The van der Waals surface area contributed by atoms with Crippen LogP contribution in [0.2, 0.25) is 0 Å². The van der Waals surface area contributed by atoms with E-state index in [9.17, 15) is 43.2 Å². The van der Waals surface area contributed by atoms with Crippen LogP contribution in [0.15, 0.2) is 0 Å². The predicted molar refractivity (Wildman–Crippen MR) is 469 cm³/mol. The van der Waals surface area contributed by atoms with E-state index in [0.29, 0.717) is 25.7 Å². The maximum atomic E-state index is 13.2. The number of phosphoric ester groups is 2. The van der Waals surface area contributed by atoms with Crippen molar-refractivity contribution in [2.75, 3.05) is 39.6 Å². The van der Waals surface area contributed by atoms with Crippen molar-refractivity contribution < 1.29 is 80.2 Å². The van der Waals surface area contributed by atoms with Crippen LogP contribution >= 0.6 is 15.6 Å². The lowest BCUT2D eigenvalue weighted by Gasteiger charge is -2.21. The van der Waals surface area contributed by atoms with Crippen molar-refractivity contribution in [3.05, 3.63) is 0 Å². The number of carbonyl (C=O) groups is 4. The van der Waals surface area contributed by atoms with E-state index in [1.54, 1.807) is 0 Å². The van der Waals surface area contributed by atoms with Gasteiger partial charge in [0.2, 0.25) is 0 Å². The van der Waals surface area contributed by atoms with Crippen LogP contribution in [0.5, 0.6) is 0 Å². The Morgan fingerprint density at radius 1 is 0.239 bits per heavy atom. The summed E-state index contributed by atoms with van der Waals surface area (Å²) in [5.74, 6) is -1.27. The third kappa shape index (κ3) is 87.7. The van der Waals surface area contributed by atoms with Crippen molar-refractivity contribution in [2.45, 2.75) is 534 Å². The van der Waals surface area contributed by atoms with Gasteiger partial charge in [-0.25, -0.2) is 9.13 Å². The fourth-order valence-electron chi connectivity index (χ4n) is 14.9. The molecule has 0 aliphatic rings. The summed E-state index contributed by atoms with van der Waals surface area (Å²) >= 11 is 0. The van der Waals surface area contributed by atoms with Gasteiger partial charge in [0.05, 0.1) is 26.4 Å². The fourth-order valence-corrected chi connectivity index (χ4v) is 16.5. The zero-order valence-electron chi connectivity index (χ0n) is 74.5. The third-order valence-corrected chi connectivity index (χ3v) is 24.2. The Kier molecular flexibility index (Phi) is 85.0. The van der Waals surface area contributed by atoms with Crippen LogP contribution in [-0.2, 0) is 65.4 Å². The van der Waals surface area contributed by atoms with E-state index in [2.05, 4.69) is 34.6 Å². The molecule has 0 saturated heterocycles. The number of rotatable bonds is 94. The molecular weight excluding hydrogens is 1460 g/mol. The number of aliphatic hydroxyl groups is 1. The zero-order valence-corrected chi connectivity index (χ0v) is 76.3. The molecule has 5 atom stereocenters. The molecule has 0 bridgehead atoms. The van der Waals surface area contributed by atoms with E-state index in [4.69, 9.17) is 37.0 Å². The summed E-state index contributed by atoms with van der Waals surface area (Å²) in [5, 5.41) is 10.7. The summed E-state index contributed by atoms with van der Waals surface area (Å²) in [6.45, 7) is 7.43. The Bertz CT molecular complexity index is 2140. The molecule has 0 heterocycles. The molecule has 0 aliphatic heterocycles. The number of carbonyl (C=O) groups excluding carboxylic acids is 4. The molecule has 2 unspecified atom stereocenters. The monoisotopic (exact) mass is 1650 g/mol. The summed E-state index contributed by atoms with van der Waals surface area (Å²) in [4.78, 5) is 73.4. The average molecular weight is 1650 g/mol. The van der Waals surface area contributed by atoms with E-state index in [-0.39, 0.29) is 25.7 Å². The zero-order chi connectivity index (χ0) is 82.6. The van der Waals surface area contributed by atoms with E-state index in [0.717, 1.165) is 95.8 Å². The van der Waals surface area contributed by atoms with Crippen molar-refractivity contribution in [2.24, 2.45) is 5.92 Å². The maximum absolute atomic E-state index is 13.2. The van der Waals surface area contributed by atoms with Crippen LogP contribution in [0, 0.1) is 5.92 Å². The first-order valence-corrected chi connectivity index (χ1v) is 51.6. The van der Waals surface area contributed by atoms with Crippen LogP contribution in [0.1, 0.15) is 516 Å². The Hall–Kier alpha value is -1.94. The van der Waals surface area contributed by atoms with Gasteiger partial charge in [-0.2, -0.15) is 0 Å². The smallest absolute Gasteiger partial charge is 0.462 e. The van der Waals surface area contributed by atoms with Crippen LogP contribution in [0.25, 0.3) is 0 Å². The molecule has 0 radical (unpaired) electrons. The highest BCUT2D eigenvalue weighted by molar-refractivity contribution is 7.47. The molecule has 0 rings (SSSR count). The first-order chi connectivity index (χ1) is 55.0. The molecule has 17 nitrogen and oxygen atoms in total. The topological polar surface area (TPSA) is 237 Å². The molecular formula is C94H184O17P2. The number of aliphatic hydroxyl groups excluding tert-OH is 1. The van der Waals surface area contributed by atoms with Crippen molar-refractivity contribution in [1.82, 2.24) is 0 Å². The van der Waals surface area contributed by atoms with Gasteiger partial charge in [-0.05, 0) is 31.6 Å². The maximum Gasteiger partial charge on any atom is 0.472 e. The highest BCUT2D eigenvalue weighted by atomic mass is 31.2. The van der Waals surface area contributed by atoms with Crippen molar-refractivity contribution in [3.63, 3.8) is 0 Å². The SMILES string of the molecule is CCCCCCCCCCCCCCCCCCCCCCCCC(=O)O[C@H](COC(=O)CCCCCCCCCCCCCCCCCCCCC(C)C)COP(=O)(O)OC[C@@H](O)COP(=O)(O)OC[C@@H](COC(=O)CCCCCCCCCCC)OC(=O)CCCCCCCCCCCCCCCCCCCCCCC. The number of unbranched alkanes of at least 4 members (excludes halogenated alkanes) is 66. The van der Waals surface area contributed by atoms with Gasteiger partial charge < -0.3 is 33.8 Å². The van der Waals surface area contributed by atoms with Gasteiger partial charge in [-0.1, -0.05) is 465 Å². The van der Waals surface area contributed by atoms with E-state index >= 15 is 0 Å². The number of hydrogen-bond donors (Lipinski definition) is 3. The van der Waals surface area contributed by atoms with Crippen LogP contribution in [-0.4, -0.2) is 96.7 Å². The Morgan fingerprint density at radius 3 is 0.602 bits per heavy atom. The molecule has 0 aromatic carbocycles. The number of phosphoric acid groups is 2. The quantitative estimate of drug-likeness (QED) is 0.0222. The summed E-state index contributed by atoms with van der Waals surface area (Å²) in [5.41, 5.74) is 0. The van der Waals surface area contributed by atoms with Gasteiger partial charge in [-0.3, -0.25) is 37.3 Å². The second-order valence-corrected chi connectivity index (χ2v) is 37.1. The number of ether oxygens (including phenoxy) is 4. The lowest BCUT2D eigenvalue weighted by Crippen LogP contribution is -2.30. The van der Waals surface area contributed by atoms with Crippen LogP contribution < -0.4 is 0 Å². The van der Waals surface area contributed by atoms with Crippen molar-refractivity contribution in [3.8, 4) is 0 Å². The third-order valence-electron chi connectivity index (χ3n) is 22.3. The minimum Gasteiger partial charge on any atom is -0.462 e. The average Bonchev–Trinajstić information content (AvgIpc) is 0.899. The van der Waals surface area contributed by atoms with Crippen molar-refractivity contribution in [1.29, 1.82) is 0 Å². The van der Waals surface area contributed by atoms with E-state index in [1.165, 1.54) is 340 Å². The minimum absolute atomic E-state index is 0.109. The Morgan fingerprint density at radius 2 is 0.407 bits per heavy atom. The molecule has 0 amide bonds. The number of esters is 4. The van der Waals surface area contributed by atoms with Gasteiger partial charge in [0.1, 0.15) is 19.3 Å². The molecule has 0 aromatic rings. The van der Waals surface area contributed by atoms with Gasteiger partial charge in [-0.15, -0.1) is 0 Å². The normalized spacial score (nSPS) is 13.6. The first-order valence-electron chi connectivity index (χ1n) is 48.6. The predicted octanol–water partition coefficient (Wildman–Crippen LogP) is 29.5. The largest absolute Gasteiger partial charge is 0.472 e. The van der Waals surface area contributed by atoms with Gasteiger partial charge in [0.15, 0.2) is 12.2 Å². The molecule has 0 saturated carbocycles. The first kappa shape index (κ1) is 111. The lowest BCUT2D eigenvalue weighted by atomic mass is 10.0. The summed E-state index contributed by atoms with van der Waals surface area (Å²) in [6.07, 6.45) is 83.7. The van der Waals surface area contributed by atoms with Gasteiger partial charge in [0.25, 0.3) is 0 Å². The highest BCUT2D eigenvalue weighted by Crippen LogP contribution is 2.45. The molecule has 3 N–H and O–H groups in total. The Labute approximate surface area is 696 Å². The van der Waals surface area contributed by atoms with Crippen molar-refractivity contribution >= 4 is 39.5 Å². The lowest BCUT2D eigenvalue weighted by molar-refractivity contribution is -0.161. The number of hydrogen-bond acceptors (Lipinski definition) is 15. The van der Waals surface area contributed by atoms with E-state index in [1.807, 2.05) is 0 Å².